The number of ether oxygens (including phenoxy) is 1. The molecule has 5 heteroatoms. The molecule has 2 aromatic carbocycles. The Balaban J connectivity index is 1.92. The molecule has 0 unspecified atom stereocenters. The van der Waals surface area contributed by atoms with Gasteiger partial charge < -0.3 is 15.4 Å². The van der Waals surface area contributed by atoms with Crippen molar-refractivity contribution < 1.29 is 9.53 Å². The summed E-state index contributed by atoms with van der Waals surface area (Å²) in [6.07, 6.45) is 4.38. The monoisotopic (exact) mass is 408 g/mol. The molecule has 1 aliphatic heterocycles. The Morgan fingerprint density at radius 1 is 1.28 bits per heavy atom. The fourth-order valence-electron chi connectivity index (χ4n) is 3.57. The molecule has 0 fully saturated rings. The summed E-state index contributed by atoms with van der Waals surface area (Å²) in [7, 11) is 1.65. The SMILES string of the molecule is CCCC(=S)Nc1cccc(C(=O)/C=C2\NC(C)(C)Cc3ccc(OC)cc32)c1. The van der Waals surface area contributed by atoms with Crippen LogP contribution >= 0.6 is 12.2 Å². The Hall–Kier alpha value is -2.66. The van der Waals surface area contributed by atoms with Crippen molar-refractivity contribution in [2.75, 3.05) is 12.4 Å². The molecular formula is C24H28N2O2S. The molecule has 1 aliphatic rings. The lowest BCUT2D eigenvalue weighted by atomic mass is 9.85. The lowest BCUT2D eigenvalue weighted by Gasteiger charge is -2.35. The van der Waals surface area contributed by atoms with E-state index in [-0.39, 0.29) is 11.3 Å². The standard InChI is InChI=1S/C24H28N2O2S/c1-5-7-23(29)25-18-9-6-8-16(12-18)22(27)14-21-20-13-19(28-4)11-10-17(20)15-24(2,3)26-21/h6,8-14,26H,5,7,15H2,1-4H3,(H,25,29)/b21-14-. The average molecular weight is 409 g/mol. The van der Waals surface area contributed by atoms with Crippen LogP contribution in [0.15, 0.2) is 48.5 Å². The van der Waals surface area contributed by atoms with Gasteiger partial charge in [-0.15, -0.1) is 0 Å². The molecule has 0 saturated heterocycles. The first-order chi connectivity index (χ1) is 13.8. The molecule has 152 valence electrons. The fraction of sp³-hybridized carbons (Fsp3) is 0.333. The van der Waals surface area contributed by atoms with Crippen LogP contribution in [0.3, 0.4) is 0 Å². The van der Waals surface area contributed by atoms with Crippen LogP contribution in [0.4, 0.5) is 5.69 Å². The summed E-state index contributed by atoms with van der Waals surface area (Å²) in [6.45, 7) is 6.36. The number of allylic oxidation sites excluding steroid dienone is 1. The second-order valence-electron chi connectivity index (χ2n) is 8.01. The normalized spacial score (nSPS) is 15.9. The minimum atomic E-state index is -0.135. The van der Waals surface area contributed by atoms with Crippen molar-refractivity contribution >= 4 is 34.4 Å². The highest BCUT2D eigenvalue weighted by Crippen LogP contribution is 2.32. The van der Waals surface area contributed by atoms with E-state index in [1.807, 2.05) is 36.4 Å². The number of anilines is 1. The Labute approximate surface area is 178 Å². The summed E-state index contributed by atoms with van der Waals surface area (Å²) < 4.78 is 5.38. The maximum Gasteiger partial charge on any atom is 0.187 e. The number of hydrogen-bond donors (Lipinski definition) is 2. The van der Waals surface area contributed by atoms with Crippen LogP contribution in [-0.2, 0) is 6.42 Å². The number of methoxy groups -OCH3 is 1. The van der Waals surface area contributed by atoms with Gasteiger partial charge in [0.15, 0.2) is 5.78 Å². The maximum absolute atomic E-state index is 13.0. The third-order valence-electron chi connectivity index (χ3n) is 4.90. The van der Waals surface area contributed by atoms with Gasteiger partial charge in [0, 0.05) is 34.1 Å². The van der Waals surface area contributed by atoms with Crippen LogP contribution in [-0.4, -0.2) is 23.4 Å². The number of carbonyl (C=O) groups is 1. The second kappa shape index (κ2) is 8.78. The van der Waals surface area contributed by atoms with Crippen LogP contribution in [0.2, 0.25) is 0 Å². The van der Waals surface area contributed by atoms with E-state index in [1.165, 1.54) is 5.56 Å². The molecule has 4 nitrogen and oxygen atoms in total. The molecule has 0 atom stereocenters. The largest absolute Gasteiger partial charge is 0.497 e. The van der Waals surface area contributed by atoms with Crippen molar-refractivity contribution in [1.29, 1.82) is 0 Å². The zero-order chi connectivity index (χ0) is 21.0. The van der Waals surface area contributed by atoms with E-state index < -0.39 is 0 Å². The van der Waals surface area contributed by atoms with Gasteiger partial charge in [-0.2, -0.15) is 0 Å². The Morgan fingerprint density at radius 2 is 2.07 bits per heavy atom. The van der Waals surface area contributed by atoms with Crippen LogP contribution in [0.25, 0.3) is 5.70 Å². The molecule has 0 aliphatic carbocycles. The van der Waals surface area contributed by atoms with Crippen LogP contribution in [0.1, 0.15) is 55.1 Å². The number of hydrogen-bond acceptors (Lipinski definition) is 4. The highest BCUT2D eigenvalue weighted by Gasteiger charge is 2.28. The Kier molecular flexibility index (Phi) is 6.38. The number of ketones is 1. The zero-order valence-corrected chi connectivity index (χ0v) is 18.3. The highest BCUT2D eigenvalue weighted by molar-refractivity contribution is 7.80. The maximum atomic E-state index is 13.0. The van der Waals surface area contributed by atoms with Gasteiger partial charge in [0.05, 0.1) is 12.1 Å². The quantitative estimate of drug-likeness (QED) is 0.382. The number of benzene rings is 2. The molecule has 1 heterocycles. The number of thiocarbonyl (C=S) groups is 1. The first-order valence-electron chi connectivity index (χ1n) is 9.93. The number of carbonyl (C=O) groups excluding carboxylic acids is 1. The third-order valence-corrected chi connectivity index (χ3v) is 5.20. The first-order valence-corrected chi connectivity index (χ1v) is 10.3. The van der Waals surface area contributed by atoms with Crippen molar-refractivity contribution in [2.24, 2.45) is 0 Å². The van der Waals surface area contributed by atoms with Crippen LogP contribution in [0.5, 0.6) is 5.75 Å². The molecule has 2 N–H and O–H groups in total. The van der Waals surface area contributed by atoms with Gasteiger partial charge in [-0.3, -0.25) is 4.79 Å². The fourth-order valence-corrected chi connectivity index (χ4v) is 3.89. The predicted octanol–water partition coefficient (Wildman–Crippen LogP) is 5.38. The molecule has 0 aromatic heterocycles. The number of nitrogens with one attached hydrogen (secondary N) is 2. The molecule has 0 saturated carbocycles. The second-order valence-corrected chi connectivity index (χ2v) is 8.50. The lowest BCUT2D eigenvalue weighted by Crippen LogP contribution is -2.43. The summed E-state index contributed by atoms with van der Waals surface area (Å²) in [4.78, 5) is 13.8. The van der Waals surface area contributed by atoms with Gasteiger partial charge in [0.2, 0.25) is 0 Å². The smallest absolute Gasteiger partial charge is 0.187 e. The minimum absolute atomic E-state index is 0.0518. The average Bonchev–Trinajstić information content (AvgIpc) is 2.67. The molecule has 0 spiro atoms. The van der Waals surface area contributed by atoms with E-state index in [4.69, 9.17) is 17.0 Å². The lowest BCUT2D eigenvalue weighted by molar-refractivity contribution is 0.104. The van der Waals surface area contributed by atoms with Crippen LogP contribution in [0, 0.1) is 0 Å². The van der Waals surface area contributed by atoms with Crippen molar-refractivity contribution in [1.82, 2.24) is 5.32 Å². The molecule has 0 amide bonds. The Bertz CT molecular complexity index is 963. The van der Waals surface area contributed by atoms with Crippen molar-refractivity contribution in [3.05, 3.63) is 65.2 Å². The van der Waals surface area contributed by atoms with Gasteiger partial charge in [0.25, 0.3) is 0 Å². The molecule has 2 aromatic rings. The van der Waals surface area contributed by atoms with Crippen molar-refractivity contribution in [3.8, 4) is 5.75 Å². The van der Waals surface area contributed by atoms with Gasteiger partial charge >= 0.3 is 0 Å². The van der Waals surface area contributed by atoms with Gasteiger partial charge in [-0.25, -0.2) is 0 Å². The summed E-state index contributed by atoms with van der Waals surface area (Å²) in [6, 6.07) is 13.5. The molecular weight excluding hydrogens is 380 g/mol. The number of rotatable bonds is 6. The zero-order valence-electron chi connectivity index (χ0n) is 17.5. The third kappa shape index (κ3) is 5.24. The van der Waals surface area contributed by atoms with E-state index >= 15 is 0 Å². The van der Waals surface area contributed by atoms with E-state index in [2.05, 4.69) is 37.5 Å². The molecule has 0 radical (unpaired) electrons. The summed E-state index contributed by atoms with van der Waals surface area (Å²) in [5.41, 5.74) is 4.36. The Morgan fingerprint density at radius 3 is 2.79 bits per heavy atom. The minimum Gasteiger partial charge on any atom is -0.497 e. The van der Waals surface area contributed by atoms with Crippen molar-refractivity contribution in [2.45, 2.75) is 45.6 Å². The van der Waals surface area contributed by atoms with E-state index in [0.29, 0.717) is 5.56 Å². The molecule has 3 rings (SSSR count). The summed E-state index contributed by atoms with van der Waals surface area (Å²) in [5.74, 6) is 0.725. The predicted molar refractivity (Wildman–Crippen MR) is 124 cm³/mol. The van der Waals surface area contributed by atoms with Gasteiger partial charge in [-0.1, -0.05) is 37.3 Å². The molecule has 0 bridgehead atoms. The topological polar surface area (TPSA) is 50.4 Å². The van der Waals surface area contributed by atoms with E-state index in [1.54, 1.807) is 13.2 Å². The van der Waals surface area contributed by atoms with Gasteiger partial charge in [-0.05, 0) is 62.9 Å². The molecule has 29 heavy (non-hydrogen) atoms. The highest BCUT2D eigenvalue weighted by atomic mass is 32.1. The van der Waals surface area contributed by atoms with Crippen LogP contribution < -0.4 is 15.4 Å². The van der Waals surface area contributed by atoms with Crippen molar-refractivity contribution in [3.63, 3.8) is 0 Å². The van der Waals surface area contributed by atoms with Gasteiger partial charge in [0.1, 0.15) is 5.75 Å². The first kappa shape index (κ1) is 21.1. The van der Waals surface area contributed by atoms with E-state index in [0.717, 1.165) is 46.9 Å². The summed E-state index contributed by atoms with van der Waals surface area (Å²) in [5, 5.41) is 6.72. The summed E-state index contributed by atoms with van der Waals surface area (Å²) >= 11 is 5.34. The van der Waals surface area contributed by atoms with E-state index in [9.17, 15) is 4.79 Å². The number of fused-ring (bicyclic) bond motifs is 1.